The number of carbonyl (C=O) groups is 1. The highest BCUT2D eigenvalue weighted by atomic mass is 19.1. The Hall–Kier alpha value is -3.86. The molecular formula is C26H22FNO3. The Morgan fingerprint density at radius 1 is 0.871 bits per heavy atom. The quantitative estimate of drug-likeness (QED) is 0.390. The molecule has 0 aliphatic carbocycles. The first-order chi connectivity index (χ1) is 15.1. The van der Waals surface area contributed by atoms with Gasteiger partial charge in [0.05, 0.1) is 6.61 Å². The van der Waals surface area contributed by atoms with E-state index >= 15 is 0 Å². The van der Waals surface area contributed by atoms with Crippen molar-refractivity contribution in [2.75, 3.05) is 11.9 Å². The van der Waals surface area contributed by atoms with E-state index in [4.69, 9.17) is 9.47 Å². The SMILES string of the molecule is CCOc1ccc(C(=O)Nc2cccc(F)c2)cc1COc1ccc2ccccc2c1. The third-order valence-corrected chi connectivity index (χ3v) is 4.82. The number of hydrogen-bond acceptors (Lipinski definition) is 3. The summed E-state index contributed by atoms with van der Waals surface area (Å²) in [5.41, 5.74) is 1.58. The fourth-order valence-corrected chi connectivity index (χ4v) is 3.32. The van der Waals surface area contributed by atoms with Crippen molar-refractivity contribution in [2.45, 2.75) is 13.5 Å². The summed E-state index contributed by atoms with van der Waals surface area (Å²) in [4.78, 5) is 12.7. The van der Waals surface area contributed by atoms with Crippen LogP contribution in [0.3, 0.4) is 0 Å². The molecule has 31 heavy (non-hydrogen) atoms. The monoisotopic (exact) mass is 415 g/mol. The van der Waals surface area contributed by atoms with Crippen molar-refractivity contribution < 1.29 is 18.7 Å². The van der Waals surface area contributed by atoms with Crippen LogP contribution in [0.5, 0.6) is 11.5 Å². The summed E-state index contributed by atoms with van der Waals surface area (Å²) in [6.45, 7) is 2.64. The lowest BCUT2D eigenvalue weighted by molar-refractivity contribution is 0.102. The fraction of sp³-hybridized carbons (Fsp3) is 0.115. The molecule has 0 heterocycles. The van der Waals surface area contributed by atoms with Crippen LogP contribution in [0.15, 0.2) is 84.9 Å². The van der Waals surface area contributed by atoms with Crippen LogP contribution in [0.25, 0.3) is 10.8 Å². The van der Waals surface area contributed by atoms with Crippen LogP contribution >= 0.6 is 0 Å². The number of ether oxygens (including phenoxy) is 2. The van der Waals surface area contributed by atoms with Crippen molar-refractivity contribution >= 4 is 22.4 Å². The van der Waals surface area contributed by atoms with Gasteiger partial charge in [0.15, 0.2) is 0 Å². The van der Waals surface area contributed by atoms with Gasteiger partial charge in [-0.05, 0) is 66.2 Å². The molecule has 0 radical (unpaired) electrons. The highest BCUT2D eigenvalue weighted by Gasteiger charge is 2.12. The summed E-state index contributed by atoms with van der Waals surface area (Å²) >= 11 is 0. The lowest BCUT2D eigenvalue weighted by Gasteiger charge is -2.14. The number of fused-ring (bicyclic) bond motifs is 1. The van der Waals surface area contributed by atoms with E-state index in [1.807, 2.05) is 49.4 Å². The second kappa shape index (κ2) is 9.30. The second-order valence-electron chi connectivity index (χ2n) is 7.02. The van der Waals surface area contributed by atoms with Gasteiger partial charge in [-0.2, -0.15) is 0 Å². The average molecular weight is 415 g/mol. The Morgan fingerprint density at radius 2 is 1.71 bits per heavy atom. The lowest BCUT2D eigenvalue weighted by Crippen LogP contribution is -2.13. The van der Waals surface area contributed by atoms with Crippen LogP contribution in [0.4, 0.5) is 10.1 Å². The number of amides is 1. The van der Waals surface area contributed by atoms with E-state index in [1.165, 1.54) is 12.1 Å². The molecule has 4 rings (SSSR count). The fourth-order valence-electron chi connectivity index (χ4n) is 3.32. The van der Waals surface area contributed by atoms with Crippen LogP contribution in [-0.2, 0) is 6.61 Å². The summed E-state index contributed by atoms with van der Waals surface area (Å²) in [6.07, 6.45) is 0. The number of anilines is 1. The number of carbonyl (C=O) groups excluding carboxylic acids is 1. The zero-order chi connectivity index (χ0) is 21.6. The van der Waals surface area contributed by atoms with Gasteiger partial charge in [0.1, 0.15) is 23.9 Å². The molecule has 156 valence electrons. The minimum absolute atomic E-state index is 0.245. The summed E-state index contributed by atoms with van der Waals surface area (Å²) in [6, 6.07) is 24.9. The van der Waals surface area contributed by atoms with Crippen molar-refractivity contribution in [1.82, 2.24) is 0 Å². The molecule has 1 amide bonds. The Morgan fingerprint density at radius 3 is 2.52 bits per heavy atom. The van der Waals surface area contributed by atoms with Crippen LogP contribution in [0.2, 0.25) is 0 Å². The first-order valence-corrected chi connectivity index (χ1v) is 10.1. The van der Waals surface area contributed by atoms with Crippen molar-refractivity contribution in [3.63, 3.8) is 0 Å². The number of rotatable bonds is 7. The molecule has 0 spiro atoms. The molecule has 0 fully saturated rings. The third-order valence-electron chi connectivity index (χ3n) is 4.82. The average Bonchev–Trinajstić information content (AvgIpc) is 2.78. The Balaban J connectivity index is 1.54. The maximum absolute atomic E-state index is 13.4. The van der Waals surface area contributed by atoms with Crippen LogP contribution in [-0.4, -0.2) is 12.5 Å². The first kappa shape index (κ1) is 20.4. The number of nitrogens with one attached hydrogen (secondary N) is 1. The van der Waals surface area contributed by atoms with Crippen LogP contribution < -0.4 is 14.8 Å². The summed E-state index contributed by atoms with van der Waals surface area (Å²) in [7, 11) is 0. The molecule has 4 aromatic carbocycles. The van der Waals surface area contributed by atoms with Gasteiger partial charge in [0, 0.05) is 16.8 Å². The number of hydrogen-bond donors (Lipinski definition) is 1. The summed E-state index contributed by atoms with van der Waals surface area (Å²) in [5.74, 6) is 0.649. The molecule has 4 nitrogen and oxygen atoms in total. The van der Waals surface area contributed by atoms with Crippen LogP contribution in [0.1, 0.15) is 22.8 Å². The van der Waals surface area contributed by atoms with E-state index < -0.39 is 5.82 Å². The zero-order valence-electron chi connectivity index (χ0n) is 17.1. The van der Waals surface area contributed by atoms with Crippen molar-refractivity contribution in [3.05, 3.63) is 102 Å². The molecule has 0 bridgehead atoms. The third kappa shape index (κ3) is 5.01. The predicted octanol–water partition coefficient (Wildman–Crippen LogP) is 6.21. The van der Waals surface area contributed by atoms with Gasteiger partial charge in [-0.15, -0.1) is 0 Å². The molecule has 4 aromatic rings. The van der Waals surface area contributed by atoms with Crippen molar-refractivity contribution in [3.8, 4) is 11.5 Å². The number of benzene rings is 4. The standard InChI is InChI=1S/C26H22FNO3/c1-2-30-25-13-11-20(26(29)28-23-9-5-8-22(27)16-23)14-21(25)17-31-24-12-10-18-6-3-4-7-19(18)15-24/h3-16H,2,17H2,1H3,(H,28,29). The Kier molecular flexibility index (Phi) is 6.13. The molecule has 0 aromatic heterocycles. The highest BCUT2D eigenvalue weighted by molar-refractivity contribution is 6.04. The lowest BCUT2D eigenvalue weighted by atomic mass is 10.1. The highest BCUT2D eigenvalue weighted by Crippen LogP contribution is 2.25. The van der Waals surface area contributed by atoms with Crippen molar-refractivity contribution in [1.29, 1.82) is 0 Å². The number of halogens is 1. The Bertz CT molecular complexity index is 1220. The van der Waals surface area contributed by atoms with E-state index in [0.29, 0.717) is 23.6 Å². The van der Waals surface area contributed by atoms with Gasteiger partial charge in [0.25, 0.3) is 5.91 Å². The molecular weight excluding hydrogens is 393 g/mol. The minimum atomic E-state index is -0.408. The molecule has 0 aliphatic heterocycles. The molecule has 0 unspecified atom stereocenters. The van der Waals surface area contributed by atoms with Gasteiger partial charge in [0.2, 0.25) is 0 Å². The van der Waals surface area contributed by atoms with Gasteiger partial charge in [-0.25, -0.2) is 4.39 Å². The van der Waals surface area contributed by atoms with E-state index in [2.05, 4.69) is 5.32 Å². The normalized spacial score (nSPS) is 10.6. The maximum atomic E-state index is 13.4. The summed E-state index contributed by atoms with van der Waals surface area (Å²) in [5, 5.41) is 4.94. The first-order valence-electron chi connectivity index (χ1n) is 10.1. The van der Waals surface area contributed by atoms with Crippen molar-refractivity contribution in [2.24, 2.45) is 0 Å². The minimum Gasteiger partial charge on any atom is -0.493 e. The van der Waals surface area contributed by atoms with E-state index in [-0.39, 0.29) is 12.5 Å². The molecule has 0 saturated heterocycles. The maximum Gasteiger partial charge on any atom is 0.255 e. The van der Waals surface area contributed by atoms with Crippen LogP contribution in [0, 0.1) is 5.82 Å². The Labute approximate surface area is 180 Å². The summed E-state index contributed by atoms with van der Waals surface area (Å²) < 4.78 is 25.1. The van der Waals surface area contributed by atoms with Gasteiger partial charge < -0.3 is 14.8 Å². The predicted molar refractivity (Wildman–Crippen MR) is 120 cm³/mol. The largest absolute Gasteiger partial charge is 0.493 e. The second-order valence-corrected chi connectivity index (χ2v) is 7.02. The molecule has 5 heteroatoms. The van der Waals surface area contributed by atoms with E-state index in [0.717, 1.165) is 22.1 Å². The molecule has 1 N–H and O–H groups in total. The van der Waals surface area contributed by atoms with Gasteiger partial charge in [-0.1, -0.05) is 36.4 Å². The molecule has 0 atom stereocenters. The molecule has 0 aliphatic rings. The van der Waals surface area contributed by atoms with Gasteiger partial charge in [-0.3, -0.25) is 4.79 Å². The van der Waals surface area contributed by atoms with Gasteiger partial charge >= 0.3 is 0 Å². The van der Waals surface area contributed by atoms with E-state index in [1.54, 1.807) is 30.3 Å². The zero-order valence-corrected chi connectivity index (χ0v) is 17.1. The smallest absolute Gasteiger partial charge is 0.255 e. The molecule has 0 saturated carbocycles. The topological polar surface area (TPSA) is 47.6 Å². The van der Waals surface area contributed by atoms with E-state index in [9.17, 15) is 9.18 Å².